The van der Waals surface area contributed by atoms with E-state index in [1.165, 1.54) is 18.9 Å². The predicted octanol–water partition coefficient (Wildman–Crippen LogP) is 2.27. The van der Waals surface area contributed by atoms with Crippen LogP contribution in [0.1, 0.15) is 19.8 Å². The van der Waals surface area contributed by atoms with Crippen molar-refractivity contribution in [3.8, 4) is 0 Å². The lowest BCUT2D eigenvalue weighted by Crippen LogP contribution is -2.53. The summed E-state index contributed by atoms with van der Waals surface area (Å²) in [5, 5.41) is 3.45. The highest BCUT2D eigenvalue weighted by atomic mass is 19.1. The number of hydrogen-bond acceptors (Lipinski definition) is 4. The number of likely N-dealkylation sites (tertiary alicyclic amines) is 1. The van der Waals surface area contributed by atoms with Crippen LogP contribution in [0.3, 0.4) is 0 Å². The molecule has 0 saturated carbocycles. The lowest BCUT2D eigenvalue weighted by Gasteiger charge is -2.38. The Morgan fingerprint density at radius 1 is 1.14 bits per heavy atom. The Kier molecular flexibility index (Phi) is 8.55. The van der Waals surface area contributed by atoms with Crippen molar-refractivity contribution in [3.05, 3.63) is 30.1 Å². The van der Waals surface area contributed by atoms with Crippen LogP contribution in [0.2, 0.25) is 0 Å². The molecule has 1 N–H and O–H groups in total. The molecule has 6 nitrogen and oxygen atoms in total. The molecule has 2 heterocycles. The van der Waals surface area contributed by atoms with Gasteiger partial charge in [-0.05, 0) is 50.9 Å². The van der Waals surface area contributed by atoms with Crippen LogP contribution in [0, 0.1) is 11.7 Å². The summed E-state index contributed by atoms with van der Waals surface area (Å²) in [7, 11) is 1.76. The van der Waals surface area contributed by atoms with E-state index in [-0.39, 0.29) is 5.82 Å². The van der Waals surface area contributed by atoms with E-state index in [0.29, 0.717) is 11.6 Å². The SMILES string of the molecule is CCNC(=NCC1CCN(CCOC)CC1)N1CCN(c2ccccc2F)CC1. The smallest absolute Gasteiger partial charge is 0.194 e. The third-order valence-corrected chi connectivity index (χ3v) is 5.93. The molecule has 0 radical (unpaired) electrons. The van der Waals surface area contributed by atoms with Crippen molar-refractivity contribution in [2.75, 3.05) is 77.5 Å². The quantitative estimate of drug-likeness (QED) is 0.557. The molecule has 2 aliphatic heterocycles. The highest BCUT2D eigenvalue weighted by molar-refractivity contribution is 5.80. The molecule has 2 fully saturated rings. The third kappa shape index (κ3) is 6.31. The molecular formula is C22H36FN5O. The van der Waals surface area contributed by atoms with Gasteiger partial charge in [-0.1, -0.05) is 12.1 Å². The van der Waals surface area contributed by atoms with Gasteiger partial charge in [-0.15, -0.1) is 0 Å². The largest absolute Gasteiger partial charge is 0.383 e. The maximum Gasteiger partial charge on any atom is 0.194 e. The average Bonchev–Trinajstić information content (AvgIpc) is 2.76. The zero-order chi connectivity index (χ0) is 20.5. The van der Waals surface area contributed by atoms with E-state index < -0.39 is 0 Å². The molecule has 1 aromatic carbocycles. The fraction of sp³-hybridized carbons (Fsp3) is 0.682. The van der Waals surface area contributed by atoms with Gasteiger partial charge in [0.15, 0.2) is 5.96 Å². The molecule has 0 unspecified atom stereocenters. The average molecular weight is 406 g/mol. The highest BCUT2D eigenvalue weighted by Gasteiger charge is 2.23. The predicted molar refractivity (Wildman–Crippen MR) is 117 cm³/mol. The number of methoxy groups -OCH3 is 1. The molecule has 2 aliphatic rings. The van der Waals surface area contributed by atoms with Gasteiger partial charge in [0.25, 0.3) is 0 Å². The number of nitrogens with one attached hydrogen (secondary N) is 1. The van der Waals surface area contributed by atoms with Crippen molar-refractivity contribution in [2.24, 2.45) is 10.9 Å². The van der Waals surface area contributed by atoms with Gasteiger partial charge >= 0.3 is 0 Å². The number of guanidine groups is 1. The summed E-state index contributed by atoms with van der Waals surface area (Å²) in [5.74, 6) is 1.52. The molecule has 0 spiro atoms. The van der Waals surface area contributed by atoms with E-state index in [0.717, 1.165) is 71.5 Å². The number of rotatable bonds is 7. The van der Waals surface area contributed by atoms with Gasteiger partial charge in [-0.25, -0.2) is 4.39 Å². The van der Waals surface area contributed by atoms with Crippen LogP contribution in [-0.2, 0) is 4.74 Å². The molecule has 162 valence electrons. The number of hydrogen-bond donors (Lipinski definition) is 1. The van der Waals surface area contributed by atoms with Gasteiger partial charge in [-0.2, -0.15) is 0 Å². The first kappa shape index (κ1) is 21.8. The van der Waals surface area contributed by atoms with E-state index in [1.54, 1.807) is 13.2 Å². The Labute approximate surface area is 174 Å². The summed E-state index contributed by atoms with van der Waals surface area (Å²) in [5.41, 5.74) is 0.703. The van der Waals surface area contributed by atoms with Gasteiger partial charge in [0.05, 0.1) is 12.3 Å². The summed E-state index contributed by atoms with van der Waals surface area (Å²) in [6.07, 6.45) is 2.40. The zero-order valence-electron chi connectivity index (χ0n) is 17.9. The number of para-hydroxylation sites is 1. The summed E-state index contributed by atoms with van der Waals surface area (Å²) in [6.45, 7) is 11.3. The molecule has 2 saturated heterocycles. The van der Waals surface area contributed by atoms with Crippen LogP contribution in [0.5, 0.6) is 0 Å². The second kappa shape index (κ2) is 11.4. The maximum absolute atomic E-state index is 14.1. The van der Waals surface area contributed by atoms with Crippen LogP contribution in [0.4, 0.5) is 10.1 Å². The minimum atomic E-state index is -0.140. The Balaban J connectivity index is 1.49. The standard InChI is InChI=1S/C22H36FN5O/c1-3-24-22(25-18-19-8-10-26(11-9-19)16-17-29-2)28-14-12-27(13-15-28)21-7-5-4-6-20(21)23/h4-7,19H,3,8-18H2,1-2H3,(H,24,25). The first-order valence-electron chi connectivity index (χ1n) is 10.9. The number of piperazine rings is 1. The minimum absolute atomic E-state index is 0.140. The maximum atomic E-state index is 14.1. The van der Waals surface area contributed by atoms with E-state index in [1.807, 2.05) is 12.1 Å². The number of anilines is 1. The van der Waals surface area contributed by atoms with Crippen molar-refractivity contribution >= 4 is 11.6 Å². The monoisotopic (exact) mass is 405 g/mol. The Morgan fingerprint density at radius 3 is 2.52 bits per heavy atom. The second-order valence-corrected chi connectivity index (χ2v) is 7.90. The fourth-order valence-corrected chi connectivity index (χ4v) is 4.12. The number of ether oxygens (including phenoxy) is 1. The van der Waals surface area contributed by atoms with Gasteiger partial charge in [0.2, 0.25) is 0 Å². The number of aliphatic imine (C=N–C) groups is 1. The van der Waals surface area contributed by atoms with Crippen molar-refractivity contribution < 1.29 is 9.13 Å². The highest BCUT2D eigenvalue weighted by Crippen LogP contribution is 2.21. The molecule has 1 aromatic rings. The normalized spacial score (nSPS) is 19.6. The first-order chi connectivity index (χ1) is 14.2. The summed E-state index contributed by atoms with van der Waals surface area (Å²) >= 11 is 0. The topological polar surface area (TPSA) is 43.3 Å². The lowest BCUT2D eigenvalue weighted by molar-refractivity contribution is 0.121. The molecule has 7 heteroatoms. The van der Waals surface area contributed by atoms with Crippen molar-refractivity contribution in [2.45, 2.75) is 19.8 Å². The number of nitrogens with zero attached hydrogens (tertiary/aromatic N) is 4. The van der Waals surface area contributed by atoms with Gasteiger partial charge in [0, 0.05) is 52.9 Å². The minimum Gasteiger partial charge on any atom is -0.383 e. The van der Waals surface area contributed by atoms with E-state index in [4.69, 9.17) is 9.73 Å². The van der Waals surface area contributed by atoms with Crippen LogP contribution < -0.4 is 10.2 Å². The molecular weight excluding hydrogens is 369 g/mol. The second-order valence-electron chi connectivity index (χ2n) is 7.90. The summed E-state index contributed by atoms with van der Waals surface area (Å²) in [4.78, 5) is 11.9. The fourth-order valence-electron chi connectivity index (χ4n) is 4.12. The summed E-state index contributed by atoms with van der Waals surface area (Å²) in [6, 6.07) is 7.04. The number of halogens is 1. The van der Waals surface area contributed by atoms with Crippen LogP contribution in [0.25, 0.3) is 0 Å². The first-order valence-corrected chi connectivity index (χ1v) is 10.9. The molecule has 29 heavy (non-hydrogen) atoms. The summed E-state index contributed by atoms with van der Waals surface area (Å²) < 4.78 is 19.3. The third-order valence-electron chi connectivity index (χ3n) is 5.93. The molecule has 0 bridgehead atoms. The van der Waals surface area contributed by atoms with Gasteiger partial charge in [-0.3, -0.25) is 4.99 Å². The van der Waals surface area contributed by atoms with Crippen molar-refractivity contribution in [1.29, 1.82) is 0 Å². The zero-order valence-corrected chi connectivity index (χ0v) is 17.9. The van der Waals surface area contributed by atoms with Gasteiger partial charge < -0.3 is 24.8 Å². The molecule has 0 amide bonds. The van der Waals surface area contributed by atoms with Crippen molar-refractivity contribution in [3.63, 3.8) is 0 Å². The lowest BCUT2D eigenvalue weighted by atomic mass is 9.97. The molecule has 3 rings (SSSR count). The van der Waals surface area contributed by atoms with E-state index in [9.17, 15) is 4.39 Å². The van der Waals surface area contributed by atoms with E-state index >= 15 is 0 Å². The van der Waals surface area contributed by atoms with E-state index in [2.05, 4.69) is 26.9 Å². The van der Waals surface area contributed by atoms with Gasteiger partial charge in [0.1, 0.15) is 5.82 Å². The van der Waals surface area contributed by atoms with Crippen LogP contribution in [-0.4, -0.2) is 88.4 Å². The Bertz CT molecular complexity index is 640. The van der Waals surface area contributed by atoms with Crippen LogP contribution >= 0.6 is 0 Å². The Hall–Kier alpha value is -1.86. The molecule has 0 atom stereocenters. The van der Waals surface area contributed by atoms with Crippen molar-refractivity contribution in [1.82, 2.24) is 15.1 Å². The molecule has 0 aromatic heterocycles. The Morgan fingerprint density at radius 2 is 1.86 bits per heavy atom. The van der Waals surface area contributed by atoms with Crippen LogP contribution in [0.15, 0.2) is 29.3 Å². The number of benzene rings is 1. The molecule has 0 aliphatic carbocycles. The number of piperidine rings is 1.